The Morgan fingerprint density at radius 2 is 1.60 bits per heavy atom. The van der Waals surface area contributed by atoms with Crippen LogP contribution in [0, 0.1) is 0 Å². The molecular weight excluding hydrogens is 310 g/mol. The van der Waals surface area contributed by atoms with Gasteiger partial charge in [0.25, 0.3) is 0 Å². The molecule has 1 fully saturated rings. The molecule has 0 amide bonds. The molecule has 1 aliphatic rings. The number of esters is 1. The predicted octanol–water partition coefficient (Wildman–Crippen LogP) is 5.25. The molecule has 0 saturated heterocycles. The van der Waals surface area contributed by atoms with E-state index in [-0.39, 0.29) is 5.97 Å². The van der Waals surface area contributed by atoms with Crippen LogP contribution in [0.1, 0.15) is 48.2 Å². The summed E-state index contributed by atoms with van der Waals surface area (Å²) in [5, 5.41) is 2.21. The Kier molecular flexibility index (Phi) is 4.22. The maximum Gasteiger partial charge on any atom is 0.339 e. The van der Waals surface area contributed by atoms with Crippen LogP contribution in [0.5, 0.6) is 0 Å². The van der Waals surface area contributed by atoms with Gasteiger partial charge in [-0.05, 0) is 49.3 Å². The van der Waals surface area contributed by atoms with Crippen molar-refractivity contribution in [1.82, 2.24) is 4.98 Å². The van der Waals surface area contributed by atoms with Gasteiger partial charge in [-0.15, -0.1) is 0 Å². The molecule has 4 rings (SSSR count). The minimum absolute atomic E-state index is 0.266. The van der Waals surface area contributed by atoms with Crippen molar-refractivity contribution in [2.75, 3.05) is 0 Å². The number of carbonyl (C=O) groups is 1. The number of carbonyl (C=O) groups excluding carboxylic acids is 1. The molecule has 0 N–H and O–H groups in total. The van der Waals surface area contributed by atoms with Gasteiger partial charge in [-0.1, -0.05) is 48.9 Å². The van der Waals surface area contributed by atoms with Gasteiger partial charge in [-0.25, -0.2) is 4.79 Å². The van der Waals surface area contributed by atoms with E-state index in [9.17, 15) is 4.79 Å². The summed E-state index contributed by atoms with van der Waals surface area (Å²) in [4.78, 5) is 17.4. The van der Waals surface area contributed by atoms with Gasteiger partial charge in [-0.2, -0.15) is 0 Å². The van der Waals surface area contributed by atoms with Crippen LogP contribution in [-0.2, 0) is 10.3 Å². The average Bonchev–Trinajstić information content (AvgIpc) is 2.69. The van der Waals surface area contributed by atoms with E-state index in [2.05, 4.69) is 17.1 Å². The Bertz CT molecular complexity index is 877. The fourth-order valence-electron chi connectivity index (χ4n) is 3.80. The Labute approximate surface area is 147 Å². The van der Waals surface area contributed by atoms with Gasteiger partial charge in [0.2, 0.25) is 0 Å². The van der Waals surface area contributed by atoms with Crippen molar-refractivity contribution in [3.63, 3.8) is 0 Å². The first kappa shape index (κ1) is 15.8. The number of hydrogen-bond acceptors (Lipinski definition) is 3. The zero-order chi connectivity index (χ0) is 17.1. The number of fused-ring (bicyclic) bond motifs is 1. The second-order valence-electron chi connectivity index (χ2n) is 6.69. The highest BCUT2D eigenvalue weighted by Crippen LogP contribution is 2.42. The fourth-order valence-corrected chi connectivity index (χ4v) is 3.80. The zero-order valence-corrected chi connectivity index (χ0v) is 14.2. The number of rotatable bonds is 3. The molecule has 1 aromatic heterocycles. The third-order valence-corrected chi connectivity index (χ3v) is 5.06. The highest BCUT2D eigenvalue weighted by Gasteiger charge is 2.40. The number of hydrogen-bond donors (Lipinski definition) is 0. The maximum absolute atomic E-state index is 12.8. The van der Waals surface area contributed by atoms with Crippen LogP contribution in [0.25, 0.3) is 10.8 Å². The molecule has 3 nitrogen and oxygen atoms in total. The minimum Gasteiger partial charge on any atom is -0.449 e. The van der Waals surface area contributed by atoms with E-state index < -0.39 is 5.60 Å². The van der Waals surface area contributed by atoms with Crippen molar-refractivity contribution in [2.24, 2.45) is 0 Å². The molecule has 0 aliphatic heterocycles. The van der Waals surface area contributed by atoms with Gasteiger partial charge in [0.1, 0.15) is 0 Å². The lowest BCUT2D eigenvalue weighted by atomic mass is 9.80. The predicted molar refractivity (Wildman–Crippen MR) is 98.4 cm³/mol. The average molecular weight is 331 g/mol. The fraction of sp³-hybridized carbons (Fsp3) is 0.273. The van der Waals surface area contributed by atoms with E-state index >= 15 is 0 Å². The lowest BCUT2D eigenvalue weighted by Crippen LogP contribution is -2.36. The van der Waals surface area contributed by atoms with Crippen molar-refractivity contribution in [3.05, 3.63) is 78.1 Å². The van der Waals surface area contributed by atoms with Crippen molar-refractivity contribution >= 4 is 16.7 Å². The van der Waals surface area contributed by atoms with Crippen LogP contribution in [0.3, 0.4) is 0 Å². The number of ether oxygens (including phenoxy) is 1. The zero-order valence-electron chi connectivity index (χ0n) is 14.2. The first-order valence-corrected chi connectivity index (χ1v) is 8.91. The quantitative estimate of drug-likeness (QED) is 0.615. The Hall–Kier alpha value is -2.68. The number of nitrogens with zero attached hydrogens (tertiary/aromatic N) is 1. The van der Waals surface area contributed by atoms with E-state index in [1.165, 1.54) is 6.42 Å². The monoisotopic (exact) mass is 331 g/mol. The van der Waals surface area contributed by atoms with Crippen molar-refractivity contribution in [3.8, 4) is 0 Å². The molecule has 2 aromatic carbocycles. The van der Waals surface area contributed by atoms with E-state index in [1.54, 1.807) is 12.1 Å². The SMILES string of the molecule is O=C(OC1(c2nccc3ccccc23)CCCCC1)c1ccccc1. The molecule has 0 radical (unpaired) electrons. The maximum atomic E-state index is 12.8. The highest BCUT2D eigenvalue weighted by atomic mass is 16.6. The topological polar surface area (TPSA) is 39.2 Å². The largest absolute Gasteiger partial charge is 0.449 e. The molecule has 126 valence electrons. The first-order valence-electron chi connectivity index (χ1n) is 8.91. The van der Waals surface area contributed by atoms with Gasteiger partial charge in [0, 0.05) is 11.6 Å². The molecule has 1 aliphatic carbocycles. The second-order valence-corrected chi connectivity index (χ2v) is 6.69. The van der Waals surface area contributed by atoms with Gasteiger partial charge in [-0.3, -0.25) is 4.98 Å². The van der Waals surface area contributed by atoms with Gasteiger partial charge >= 0.3 is 5.97 Å². The van der Waals surface area contributed by atoms with E-state index in [0.717, 1.165) is 42.1 Å². The first-order chi connectivity index (χ1) is 12.3. The van der Waals surface area contributed by atoms with Crippen molar-refractivity contribution in [1.29, 1.82) is 0 Å². The van der Waals surface area contributed by atoms with Crippen LogP contribution in [0.15, 0.2) is 66.9 Å². The van der Waals surface area contributed by atoms with E-state index in [1.807, 2.05) is 42.6 Å². The Morgan fingerprint density at radius 1 is 0.880 bits per heavy atom. The molecule has 0 atom stereocenters. The van der Waals surface area contributed by atoms with E-state index in [4.69, 9.17) is 4.74 Å². The van der Waals surface area contributed by atoms with E-state index in [0.29, 0.717) is 5.56 Å². The minimum atomic E-state index is -0.633. The van der Waals surface area contributed by atoms with Gasteiger partial charge in [0.05, 0.1) is 11.3 Å². The summed E-state index contributed by atoms with van der Waals surface area (Å²) >= 11 is 0. The van der Waals surface area contributed by atoms with Crippen molar-refractivity contribution in [2.45, 2.75) is 37.7 Å². The molecule has 1 saturated carbocycles. The number of pyridine rings is 1. The summed E-state index contributed by atoms with van der Waals surface area (Å²) in [6.07, 6.45) is 6.75. The molecule has 1 heterocycles. The van der Waals surface area contributed by atoms with Crippen LogP contribution < -0.4 is 0 Å². The van der Waals surface area contributed by atoms with Crippen LogP contribution in [-0.4, -0.2) is 11.0 Å². The Morgan fingerprint density at radius 3 is 2.40 bits per heavy atom. The molecule has 25 heavy (non-hydrogen) atoms. The third kappa shape index (κ3) is 3.02. The van der Waals surface area contributed by atoms with Gasteiger partial charge < -0.3 is 4.74 Å². The molecule has 3 aromatic rings. The normalized spacial score (nSPS) is 16.5. The van der Waals surface area contributed by atoms with Crippen molar-refractivity contribution < 1.29 is 9.53 Å². The summed E-state index contributed by atoms with van der Waals surface area (Å²) in [6, 6.07) is 19.4. The molecule has 0 unspecified atom stereocenters. The van der Waals surface area contributed by atoms with Crippen LogP contribution in [0.2, 0.25) is 0 Å². The summed E-state index contributed by atoms with van der Waals surface area (Å²) in [6.45, 7) is 0. The Balaban J connectivity index is 1.78. The van der Waals surface area contributed by atoms with Crippen LogP contribution >= 0.6 is 0 Å². The van der Waals surface area contributed by atoms with Gasteiger partial charge in [0.15, 0.2) is 5.60 Å². The smallest absolute Gasteiger partial charge is 0.339 e. The molecule has 0 bridgehead atoms. The second kappa shape index (κ2) is 6.67. The molecular formula is C22H21NO2. The third-order valence-electron chi connectivity index (χ3n) is 5.06. The number of benzene rings is 2. The lowest BCUT2D eigenvalue weighted by molar-refractivity contribution is -0.0432. The van der Waals surface area contributed by atoms with Crippen LogP contribution in [0.4, 0.5) is 0 Å². The summed E-state index contributed by atoms with van der Waals surface area (Å²) < 4.78 is 6.16. The molecule has 3 heteroatoms. The summed E-state index contributed by atoms with van der Waals surface area (Å²) in [5.74, 6) is -0.266. The molecule has 0 spiro atoms. The standard InChI is InChI=1S/C22H21NO2/c24-21(18-10-3-1-4-11-18)25-22(14-7-2-8-15-22)20-19-12-6-5-9-17(19)13-16-23-20/h1,3-6,9-13,16H,2,7-8,14-15H2. The summed E-state index contributed by atoms with van der Waals surface area (Å²) in [7, 11) is 0. The summed E-state index contributed by atoms with van der Waals surface area (Å²) in [5.41, 5.74) is 0.855. The lowest BCUT2D eigenvalue weighted by Gasteiger charge is -2.37. The highest BCUT2D eigenvalue weighted by molar-refractivity contribution is 5.90. The number of aromatic nitrogens is 1.